The van der Waals surface area contributed by atoms with E-state index in [1.165, 1.54) is 26.6 Å². The molecule has 106 valence electrons. The summed E-state index contributed by atoms with van der Waals surface area (Å²) in [5.41, 5.74) is -0.120. The molecule has 6 nitrogen and oxygen atoms in total. The van der Waals surface area contributed by atoms with Crippen LogP contribution in [0.5, 0.6) is 0 Å². The average molecular weight is 278 g/mol. The second kappa shape index (κ2) is 5.73. The number of hydrogen-bond donors (Lipinski definition) is 0. The van der Waals surface area contributed by atoms with Crippen LogP contribution in [-0.2, 0) is 23.9 Å². The number of hydrogen-bond acceptors (Lipinski definition) is 6. The van der Waals surface area contributed by atoms with Crippen LogP contribution >= 0.6 is 0 Å². The first kappa shape index (κ1) is 14.0. The van der Waals surface area contributed by atoms with E-state index >= 15 is 0 Å². The third-order valence-corrected chi connectivity index (χ3v) is 3.30. The van der Waals surface area contributed by atoms with Gasteiger partial charge in [0.2, 0.25) is 0 Å². The quantitative estimate of drug-likeness (QED) is 0.469. The molecule has 20 heavy (non-hydrogen) atoms. The molecule has 0 saturated carbocycles. The van der Waals surface area contributed by atoms with E-state index < -0.39 is 29.6 Å². The molecule has 1 aliphatic carbocycles. The molecule has 0 spiro atoms. The minimum Gasteiger partial charge on any atom is -0.469 e. The lowest BCUT2D eigenvalue weighted by molar-refractivity contribution is -0.150. The van der Waals surface area contributed by atoms with E-state index in [2.05, 4.69) is 9.47 Å². The zero-order valence-corrected chi connectivity index (χ0v) is 11.1. The van der Waals surface area contributed by atoms with Gasteiger partial charge in [0.05, 0.1) is 26.1 Å². The van der Waals surface area contributed by atoms with Crippen LogP contribution in [0.4, 0.5) is 0 Å². The molecule has 1 aromatic rings. The van der Waals surface area contributed by atoms with Crippen LogP contribution in [0.2, 0.25) is 0 Å². The van der Waals surface area contributed by atoms with Crippen LogP contribution in [0, 0.1) is 5.92 Å². The molecule has 0 saturated heterocycles. The van der Waals surface area contributed by atoms with Crippen LogP contribution in [0.25, 0.3) is 0 Å². The maximum Gasteiger partial charge on any atom is 0.341 e. The van der Waals surface area contributed by atoms with Gasteiger partial charge in [-0.05, 0) is 18.6 Å². The molecule has 0 fully saturated rings. The summed E-state index contributed by atoms with van der Waals surface area (Å²) in [6, 6.07) is 3.36. The number of ether oxygens (including phenoxy) is 2. The molecule has 0 amide bonds. The first-order chi connectivity index (χ1) is 9.60. The van der Waals surface area contributed by atoms with Crippen molar-refractivity contribution in [1.82, 2.24) is 0 Å². The number of carbonyl (C=O) groups excluding carboxylic acids is 3. The lowest BCUT2D eigenvalue weighted by Gasteiger charge is -2.25. The fraction of sp³-hybridized carbons (Fsp3) is 0.357. The average Bonchev–Trinajstić information content (AvgIpc) is 2.99. The van der Waals surface area contributed by atoms with E-state index in [4.69, 9.17) is 4.42 Å². The van der Waals surface area contributed by atoms with Gasteiger partial charge in [0.25, 0.3) is 0 Å². The minimum absolute atomic E-state index is 0.120. The van der Waals surface area contributed by atoms with Crippen LogP contribution in [-0.4, -0.2) is 31.9 Å². The highest BCUT2D eigenvalue weighted by Gasteiger charge is 2.43. The van der Waals surface area contributed by atoms with Gasteiger partial charge in [0.15, 0.2) is 5.78 Å². The Balaban J connectivity index is 2.40. The summed E-state index contributed by atoms with van der Waals surface area (Å²) in [4.78, 5) is 35.7. The first-order valence-electron chi connectivity index (χ1n) is 6.04. The molecule has 0 N–H and O–H groups in total. The molecule has 1 aromatic heterocycles. The maximum absolute atomic E-state index is 12.3. The van der Waals surface area contributed by atoms with Gasteiger partial charge in [-0.25, -0.2) is 4.79 Å². The Bertz CT molecular complexity index is 554. The third kappa shape index (κ3) is 2.36. The van der Waals surface area contributed by atoms with Crippen molar-refractivity contribution >= 4 is 17.7 Å². The number of furan rings is 1. The normalized spacial score (nSPS) is 22.1. The van der Waals surface area contributed by atoms with Crippen molar-refractivity contribution in [3.63, 3.8) is 0 Å². The van der Waals surface area contributed by atoms with E-state index in [9.17, 15) is 14.4 Å². The molecule has 1 heterocycles. The Morgan fingerprint density at radius 1 is 1.30 bits per heavy atom. The number of carbonyl (C=O) groups is 3. The predicted octanol–water partition coefficient (Wildman–Crippen LogP) is 1.22. The summed E-state index contributed by atoms with van der Waals surface area (Å²) in [6.45, 7) is 0. The first-order valence-corrected chi connectivity index (χ1v) is 6.04. The van der Waals surface area contributed by atoms with Crippen LogP contribution in [0.1, 0.15) is 18.1 Å². The van der Waals surface area contributed by atoms with E-state index in [0.29, 0.717) is 12.2 Å². The largest absolute Gasteiger partial charge is 0.469 e. The number of Topliss-reactive ketones (excluding diaryl/α,β-unsaturated/α-hetero) is 1. The molecule has 0 radical (unpaired) electrons. The molecule has 1 unspecified atom stereocenters. The highest BCUT2D eigenvalue weighted by molar-refractivity contribution is 6.23. The Morgan fingerprint density at radius 2 is 2.05 bits per heavy atom. The van der Waals surface area contributed by atoms with Crippen molar-refractivity contribution in [1.29, 1.82) is 0 Å². The fourth-order valence-corrected chi connectivity index (χ4v) is 2.31. The summed E-state index contributed by atoms with van der Waals surface area (Å²) in [5, 5.41) is 0. The lowest BCUT2D eigenvalue weighted by Crippen LogP contribution is -2.36. The van der Waals surface area contributed by atoms with Crippen molar-refractivity contribution in [3.05, 3.63) is 35.8 Å². The molecular weight excluding hydrogens is 264 g/mol. The van der Waals surface area contributed by atoms with Crippen LogP contribution < -0.4 is 0 Å². The maximum atomic E-state index is 12.3. The zero-order chi connectivity index (χ0) is 14.7. The van der Waals surface area contributed by atoms with E-state index in [-0.39, 0.29) is 5.57 Å². The van der Waals surface area contributed by atoms with Crippen molar-refractivity contribution in [2.75, 3.05) is 14.2 Å². The van der Waals surface area contributed by atoms with Gasteiger partial charge < -0.3 is 13.9 Å². The summed E-state index contributed by atoms with van der Waals surface area (Å²) >= 11 is 0. The highest BCUT2D eigenvalue weighted by atomic mass is 16.5. The number of ketones is 1. The Kier molecular flexibility index (Phi) is 4.02. The van der Waals surface area contributed by atoms with E-state index in [1.54, 1.807) is 12.1 Å². The van der Waals surface area contributed by atoms with Crippen molar-refractivity contribution < 1.29 is 28.3 Å². The topological polar surface area (TPSA) is 82.8 Å². The molecule has 0 bridgehead atoms. The number of methoxy groups -OCH3 is 2. The van der Waals surface area contributed by atoms with Gasteiger partial charge in [0.1, 0.15) is 11.7 Å². The van der Waals surface area contributed by atoms with Crippen molar-refractivity contribution in [3.8, 4) is 0 Å². The second-order valence-electron chi connectivity index (χ2n) is 4.33. The Morgan fingerprint density at radius 3 is 2.60 bits per heavy atom. The van der Waals surface area contributed by atoms with E-state index in [1.807, 2.05) is 0 Å². The molecule has 2 rings (SSSR count). The molecule has 1 aliphatic rings. The standard InChI is InChI=1S/C14H14O6/c1-18-13(16)9-6-5-8(10-4-3-7-20-10)11(12(9)15)14(17)19-2/h3-4,6-8,11H,5H2,1-2H3/t8-,11?/m0/s1. The number of esters is 2. The summed E-state index contributed by atoms with van der Waals surface area (Å²) in [6.07, 6.45) is 3.26. The van der Waals surface area contributed by atoms with Crippen LogP contribution in [0.15, 0.2) is 34.5 Å². The van der Waals surface area contributed by atoms with Gasteiger partial charge in [-0.15, -0.1) is 0 Å². The molecule has 0 aliphatic heterocycles. The molecular formula is C14H14O6. The van der Waals surface area contributed by atoms with Gasteiger partial charge in [-0.1, -0.05) is 6.08 Å². The van der Waals surface area contributed by atoms with Gasteiger partial charge >= 0.3 is 11.9 Å². The molecule has 2 atom stereocenters. The smallest absolute Gasteiger partial charge is 0.341 e. The Labute approximate surface area is 115 Å². The van der Waals surface area contributed by atoms with Gasteiger partial charge in [-0.3, -0.25) is 9.59 Å². The number of allylic oxidation sites excluding steroid dienone is 1. The van der Waals surface area contributed by atoms with Crippen LogP contribution in [0.3, 0.4) is 0 Å². The van der Waals surface area contributed by atoms with Gasteiger partial charge in [0, 0.05) is 5.92 Å². The monoisotopic (exact) mass is 278 g/mol. The zero-order valence-electron chi connectivity index (χ0n) is 11.1. The SMILES string of the molecule is COC(=O)C1=CC[C@@H](c2ccco2)C(C(=O)OC)C1=O. The molecule has 0 aromatic carbocycles. The molecule has 6 heteroatoms. The second-order valence-corrected chi connectivity index (χ2v) is 4.33. The minimum atomic E-state index is -1.09. The van der Waals surface area contributed by atoms with Crippen molar-refractivity contribution in [2.24, 2.45) is 5.92 Å². The fourth-order valence-electron chi connectivity index (χ4n) is 2.31. The number of rotatable bonds is 3. The highest BCUT2D eigenvalue weighted by Crippen LogP contribution is 2.36. The third-order valence-electron chi connectivity index (χ3n) is 3.30. The summed E-state index contributed by atoms with van der Waals surface area (Å²) in [5.74, 6) is -3.10. The predicted molar refractivity (Wildman–Crippen MR) is 66.7 cm³/mol. The van der Waals surface area contributed by atoms with E-state index in [0.717, 1.165) is 0 Å². The summed E-state index contributed by atoms with van der Waals surface area (Å²) < 4.78 is 14.5. The Hall–Kier alpha value is -2.37. The van der Waals surface area contributed by atoms with Gasteiger partial charge in [-0.2, -0.15) is 0 Å². The lowest BCUT2D eigenvalue weighted by atomic mass is 9.77. The van der Waals surface area contributed by atoms with Crippen molar-refractivity contribution in [2.45, 2.75) is 12.3 Å². The summed E-state index contributed by atoms with van der Waals surface area (Å²) in [7, 11) is 2.38.